The van der Waals surface area contributed by atoms with E-state index in [9.17, 15) is 18.0 Å². The maximum atomic E-state index is 12.2. The number of hydrogen-bond donors (Lipinski definition) is 2. The van der Waals surface area contributed by atoms with Crippen molar-refractivity contribution >= 4 is 5.91 Å². The van der Waals surface area contributed by atoms with Gasteiger partial charge < -0.3 is 10.6 Å². The Morgan fingerprint density at radius 3 is 2.83 bits per heavy atom. The fraction of sp³-hybridized carbons (Fsp3) is 0.917. The first-order valence-electron chi connectivity index (χ1n) is 6.47. The third-order valence-corrected chi connectivity index (χ3v) is 3.95. The lowest BCUT2D eigenvalue weighted by Crippen LogP contribution is -2.47. The SMILES string of the molecule is CC(CC(F)(F)F)NC(=O)C1NCC2CCCC21. The number of fused-ring (bicyclic) bond motifs is 1. The van der Waals surface area contributed by atoms with E-state index in [2.05, 4.69) is 10.6 Å². The van der Waals surface area contributed by atoms with Crippen LogP contribution in [0.25, 0.3) is 0 Å². The minimum Gasteiger partial charge on any atom is -0.352 e. The molecule has 1 aliphatic carbocycles. The van der Waals surface area contributed by atoms with Gasteiger partial charge in [0.15, 0.2) is 0 Å². The largest absolute Gasteiger partial charge is 0.391 e. The molecular formula is C12H19F3N2O. The molecule has 0 aromatic heterocycles. The third kappa shape index (κ3) is 3.16. The molecule has 2 rings (SSSR count). The summed E-state index contributed by atoms with van der Waals surface area (Å²) in [7, 11) is 0. The quantitative estimate of drug-likeness (QED) is 0.816. The van der Waals surface area contributed by atoms with Gasteiger partial charge >= 0.3 is 6.18 Å². The molecule has 1 saturated heterocycles. The Morgan fingerprint density at radius 2 is 2.17 bits per heavy atom. The maximum Gasteiger partial charge on any atom is 0.391 e. The molecule has 4 unspecified atom stereocenters. The number of nitrogens with one attached hydrogen (secondary N) is 2. The molecule has 2 N–H and O–H groups in total. The second-order valence-electron chi connectivity index (χ2n) is 5.47. The highest BCUT2D eigenvalue weighted by atomic mass is 19.4. The first-order chi connectivity index (χ1) is 8.37. The summed E-state index contributed by atoms with van der Waals surface area (Å²) < 4.78 is 36.5. The van der Waals surface area contributed by atoms with Crippen LogP contribution < -0.4 is 10.6 Å². The number of halogens is 3. The smallest absolute Gasteiger partial charge is 0.352 e. The van der Waals surface area contributed by atoms with Crippen molar-refractivity contribution in [2.45, 2.75) is 50.9 Å². The van der Waals surface area contributed by atoms with Crippen molar-refractivity contribution in [3.63, 3.8) is 0 Å². The van der Waals surface area contributed by atoms with Crippen molar-refractivity contribution in [3.05, 3.63) is 0 Å². The van der Waals surface area contributed by atoms with Crippen LogP contribution in [0.1, 0.15) is 32.6 Å². The molecule has 0 radical (unpaired) electrons. The fourth-order valence-electron chi connectivity index (χ4n) is 3.21. The lowest BCUT2D eigenvalue weighted by atomic mass is 9.93. The van der Waals surface area contributed by atoms with Gasteiger partial charge in [-0.1, -0.05) is 6.42 Å². The third-order valence-electron chi connectivity index (χ3n) is 3.95. The van der Waals surface area contributed by atoms with Crippen molar-refractivity contribution in [1.29, 1.82) is 0 Å². The molecule has 0 aromatic rings. The van der Waals surface area contributed by atoms with Crippen molar-refractivity contribution in [1.82, 2.24) is 10.6 Å². The van der Waals surface area contributed by atoms with Crippen LogP contribution in [0.4, 0.5) is 13.2 Å². The topological polar surface area (TPSA) is 41.1 Å². The summed E-state index contributed by atoms with van der Waals surface area (Å²) in [6.07, 6.45) is -1.95. The van der Waals surface area contributed by atoms with Crippen molar-refractivity contribution in [2.75, 3.05) is 6.54 Å². The Kier molecular flexibility index (Phi) is 3.84. The maximum absolute atomic E-state index is 12.2. The molecular weight excluding hydrogens is 245 g/mol. The molecule has 1 saturated carbocycles. The summed E-state index contributed by atoms with van der Waals surface area (Å²) in [4.78, 5) is 11.9. The summed E-state index contributed by atoms with van der Waals surface area (Å²) in [5.74, 6) is 0.558. The van der Waals surface area contributed by atoms with E-state index in [1.54, 1.807) is 0 Å². The number of hydrogen-bond acceptors (Lipinski definition) is 2. The minimum atomic E-state index is -4.23. The van der Waals surface area contributed by atoms with Gasteiger partial charge in [0.25, 0.3) is 0 Å². The average molecular weight is 264 g/mol. The van der Waals surface area contributed by atoms with Gasteiger partial charge in [0.05, 0.1) is 12.5 Å². The predicted octanol–water partition coefficient (Wildman–Crippen LogP) is 1.83. The van der Waals surface area contributed by atoms with E-state index in [0.29, 0.717) is 11.8 Å². The summed E-state index contributed by atoms with van der Waals surface area (Å²) >= 11 is 0. The summed E-state index contributed by atoms with van der Waals surface area (Å²) in [6.45, 7) is 2.21. The van der Waals surface area contributed by atoms with E-state index >= 15 is 0 Å². The first kappa shape index (κ1) is 13.6. The predicted molar refractivity (Wildman–Crippen MR) is 60.9 cm³/mol. The van der Waals surface area contributed by atoms with Gasteiger partial charge in [-0.2, -0.15) is 13.2 Å². The molecule has 1 aliphatic heterocycles. The molecule has 1 heterocycles. The van der Waals surface area contributed by atoms with Gasteiger partial charge in [-0.05, 0) is 38.1 Å². The second kappa shape index (κ2) is 5.07. The van der Waals surface area contributed by atoms with Crippen molar-refractivity contribution < 1.29 is 18.0 Å². The number of amides is 1. The second-order valence-corrected chi connectivity index (χ2v) is 5.47. The van der Waals surface area contributed by atoms with Gasteiger partial charge in [0.1, 0.15) is 0 Å². The van der Waals surface area contributed by atoms with E-state index in [4.69, 9.17) is 0 Å². The first-order valence-corrected chi connectivity index (χ1v) is 6.47. The van der Waals surface area contributed by atoms with Crippen LogP contribution in [-0.2, 0) is 4.79 Å². The Balaban J connectivity index is 1.84. The van der Waals surface area contributed by atoms with Crippen LogP contribution in [0.2, 0.25) is 0 Å². The van der Waals surface area contributed by atoms with E-state index in [-0.39, 0.29) is 11.9 Å². The highest BCUT2D eigenvalue weighted by molar-refractivity contribution is 5.82. The van der Waals surface area contributed by atoms with Crippen LogP contribution in [0.5, 0.6) is 0 Å². The Labute approximate surface area is 104 Å². The van der Waals surface area contributed by atoms with Gasteiger partial charge in [-0.3, -0.25) is 4.79 Å². The van der Waals surface area contributed by atoms with Crippen LogP contribution >= 0.6 is 0 Å². The van der Waals surface area contributed by atoms with E-state index < -0.39 is 18.6 Å². The lowest BCUT2D eigenvalue weighted by molar-refractivity contribution is -0.141. The van der Waals surface area contributed by atoms with Crippen LogP contribution in [0.3, 0.4) is 0 Å². The molecule has 0 bridgehead atoms. The van der Waals surface area contributed by atoms with Gasteiger partial charge in [0, 0.05) is 6.04 Å². The highest BCUT2D eigenvalue weighted by Crippen LogP contribution is 2.37. The number of carbonyl (C=O) groups is 1. The molecule has 0 aromatic carbocycles. The average Bonchev–Trinajstić information content (AvgIpc) is 2.72. The molecule has 4 atom stereocenters. The molecule has 104 valence electrons. The molecule has 3 nitrogen and oxygen atoms in total. The molecule has 2 aliphatic rings. The zero-order valence-electron chi connectivity index (χ0n) is 10.4. The molecule has 6 heteroatoms. The summed E-state index contributed by atoms with van der Waals surface area (Å²) in [5, 5.41) is 5.60. The van der Waals surface area contributed by atoms with Crippen molar-refractivity contribution in [2.24, 2.45) is 11.8 Å². The van der Waals surface area contributed by atoms with Crippen LogP contribution in [0, 0.1) is 11.8 Å². The van der Waals surface area contributed by atoms with Gasteiger partial charge in [-0.15, -0.1) is 0 Å². The Hall–Kier alpha value is -0.780. The van der Waals surface area contributed by atoms with Crippen LogP contribution in [-0.4, -0.2) is 30.7 Å². The van der Waals surface area contributed by atoms with Crippen molar-refractivity contribution in [3.8, 4) is 0 Å². The standard InChI is InChI=1S/C12H19F3N2O/c1-7(5-12(13,14)15)17-11(18)10-9-4-2-3-8(9)6-16-10/h7-10,16H,2-6H2,1H3,(H,17,18). The lowest BCUT2D eigenvalue weighted by Gasteiger charge is -2.21. The number of rotatable bonds is 3. The van der Waals surface area contributed by atoms with Gasteiger partial charge in [-0.25, -0.2) is 0 Å². The molecule has 18 heavy (non-hydrogen) atoms. The monoisotopic (exact) mass is 264 g/mol. The minimum absolute atomic E-state index is 0.277. The summed E-state index contributed by atoms with van der Waals surface area (Å²) in [5.41, 5.74) is 0. The summed E-state index contributed by atoms with van der Waals surface area (Å²) in [6, 6.07) is -1.16. The van der Waals surface area contributed by atoms with E-state index in [0.717, 1.165) is 25.8 Å². The molecule has 2 fully saturated rings. The normalized spacial score (nSPS) is 33.2. The van der Waals surface area contributed by atoms with Crippen LogP contribution in [0.15, 0.2) is 0 Å². The fourth-order valence-corrected chi connectivity index (χ4v) is 3.21. The van der Waals surface area contributed by atoms with E-state index in [1.165, 1.54) is 6.92 Å². The zero-order valence-corrected chi connectivity index (χ0v) is 10.4. The molecule has 1 amide bonds. The number of carbonyl (C=O) groups excluding carboxylic acids is 1. The Morgan fingerprint density at radius 1 is 1.44 bits per heavy atom. The zero-order chi connectivity index (χ0) is 13.3. The Bertz CT molecular complexity index is 319. The highest BCUT2D eigenvalue weighted by Gasteiger charge is 2.43. The van der Waals surface area contributed by atoms with Gasteiger partial charge in [0.2, 0.25) is 5.91 Å². The van der Waals surface area contributed by atoms with E-state index in [1.807, 2.05) is 0 Å². The number of alkyl halides is 3. The molecule has 0 spiro atoms.